The molecular weight excluding hydrogens is 584 g/mol. The van der Waals surface area contributed by atoms with E-state index in [4.69, 9.17) is 14.2 Å². The average molecular weight is 671 g/mol. The van der Waals surface area contributed by atoms with Gasteiger partial charge in [-0.3, -0.25) is 0 Å². The van der Waals surface area contributed by atoms with Crippen LogP contribution in [0.15, 0.2) is 0 Å². The lowest BCUT2D eigenvalue weighted by Crippen LogP contribution is -2.34. The van der Waals surface area contributed by atoms with Crippen LogP contribution in [0.2, 0.25) is 0 Å². The van der Waals surface area contributed by atoms with Crippen molar-refractivity contribution in [3.05, 3.63) is 0 Å². The number of rotatable bonds is 42. The van der Waals surface area contributed by atoms with Crippen LogP contribution in [0.3, 0.4) is 0 Å². The number of unbranched alkanes of at least 4 members (excludes halogenated alkanes) is 30. The Bertz CT molecular complexity index is 499. The summed E-state index contributed by atoms with van der Waals surface area (Å²) in [5.74, 6) is 0. The summed E-state index contributed by atoms with van der Waals surface area (Å²) in [5, 5.41) is 19.4. The summed E-state index contributed by atoms with van der Waals surface area (Å²) < 4.78 is 17.4. The second-order valence-corrected chi connectivity index (χ2v) is 14.5. The first-order chi connectivity index (χ1) is 23.3. The molecule has 0 rings (SSSR count). The summed E-state index contributed by atoms with van der Waals surface area (Å²) in [4.78, 5) is 0. The molecule has 284 valence electrons. The van der Waals surface area contributed by atoms with Crippen molar-refractivity contribution in [2.45, 2.75) is 232 Å². The third-order valence-electron chi connectivity index (χ3n) is 9.68. The highest BCUT2D eigenvalue weighted by molar-refractivity contribution is 4.62. The molecule has 0 spiro atoms. The van der Waals surface area contributed by atoms with E-state index in [0.29, 0.717) is 26.4 Å². The van der Waals surface area contributed by atoms with Gasteiger partial charge in [0.1, 0.15) is 12.2 Å². The minimum absolute atomic E-state index is 0.103. The lowest BCUT2D eigenvalue weighted by molar-refractivity contribution is -0.115. The molecule has 5 nitrogen and oxygen atoms in total. The normalized spacial score (nSPS) is 13.0. The van der Waals surface area contributed by atoms with Crippen molar-refractivity contribution < 1.29 is 24.4 Å². The Morgan fingerprint density at radius 2 is 0.532 bits per heavy atom. The van der Waals surface area contributed by atoms with E-state index in [1.165, 1.54) is 193 Å². The van der Waals surface area contributed by atoms with Crippen LogP contribution in [0, 0.1) is 0 Å². The van der Waals surface area contributed by atoms with E-state index in [0.717, 1.165) is 12.8 Å². The van der Waals surface area contributed by atoms with E-state index >= 15 is 0 Å². The molecule has 0 heterocycles. The molecule has 47 heavy (non-hydrogen) atoms. The first kappa shape index (κ1) is 46.8. The van der Waals surface area contributed by atoms with Gasteiger partial charge in [-0.15, -0.1) is 0 Å². The topological polar surface area (TPSA) is 68.2 Å². The number of aliphatic hydroxyl groups excluding tert-OH is 2. The van der Waals surface area contributed by atoms with Crippen LogP contribution in [0.25, 0.3) is 0 Å². The van der Waals surface area contributed by atoms with Crippen LogP contribution in [0.5, 0.6) is 0 Å². The van der Waals surface area contributed by atoms with E-state index in [1.54, 1.807) is 0 Å². The summed E-state index contributed by atoms with van der Waals surface area (Å²) in [7, 11) is 0. The molecule has 0 aromatic rings. The van der Waals surface area contributed by atoms with Crippen molar-refractivity contribution in [1.82, 2.24) is 0 Å². The average Bonchev–Trinajstić information content (AvgIpc) is 3.09. The number of hydrogen-bond donors (Lipinski definition) is 2. The Morgan fingerprint density at radius 1 is 0.319 bits per heavy atom. The SMILES string of the molecule is CCCCCCCCCCCCCCCCCCOCC(CO)OC(CO)COCCCCCCCCCCCCCCCCCC. The van der Waals surface area contributed by atoms with Gasteiger partial charge in [0.15, 0.2) is 0 Å². The van der Waals surface area contributed by atoms with Gasteiger partial charge < -0.3 is 24.4 Å². The highest BCUT2D eigenvalue weighted by Crippen LogP contribution is 2.15. The fraction of sp³-hybridized carbons (Fsp3) is 1.00. The van der Waals surface area contributed by atoms with Crippen molar-refractivity contribution in [3.63, 3.8) is 0 Å². The van der Waals surface area contributed by atoms with Crippen LogP contribution < -0.4 is 0 Å². The van der Waals surface area contributed by atoms with Crippen LogP contribution >= 0.6 is 0 Å². The fourth-order valence-electron chi connectivity index (χ4n) is 6.48. The maximum Gasteiger partial charge on any atom is 0.104 e. The fourth-order valence-corrected chi connectivity index (χ4v) is 6.48. The molecule has 5 heteroatoms. The van der Waals surface area contributed by atoms with Crippen molar-refractivity contribution >= 4 is 0 Å². The third-order valence-corrected chi connectivity index (χ3v) is 9.68. The minimum atomic E-state index is -0.410. The number of ether oxygens (including phenoxy) is 3. The quantitative estimate of drug-likeness (QED) is 0.0633. The predicted molar refractivity (Wildman–Crippen MR) is 204 cm³/mol. The van der Waals surface area contributed by atoms with Gasteiger partial charge in [-0.2, -0.15) is 0 Å². The summed E-state index contributed by atoms with van der Waals surface area (Å²) >= 11 is 0. The predicted octanol–water partition coefficient (Wildman–Crippen LogP) is 12.3. The number of aliphatic hydroxyl groups is 2. The summed E-state index contributed by atoms with van der Waals surface area (Å²) in [6, 6.07) is 0. The molecule has 0 saturated carbocycles. The van der Waals surface area contributed by atoms with E-state index in [1.807, 2.05) is 0 Å². The molecule has 0 aromatic heterocycles. The van der Waals surface area contributed by atoms with Crippen molar-refractivity contribution in [2.75, 3.05) is 39.6 Å². The van der Waals surface area contributed by atoms with E-state index in [9.17, 15) is 10.2 Å². The van der Waals surface area contributed by atoms with Gasteiger partial charge in [-0.25, -0.2) is 0 Å². The molecule has 0 saturated heterocycles. The van der Waals surface area contributed by atoms with E-state index < -0.39 is 12.2 Å². The van der Waals surface area contributed by atoms with Crippen LogP contribution in [-0.2, 0) is 14.2 Å². The van der Waals surface area contributed by atoms with Crippen molar-refractivity contribution in [3.8, 4) is 0 Å². The zero-order chi connectivity index (χ0) is 34.1. The maximum atomic E-state index is 9.71. The van der Waals surface area contributed by atoms with Gasteiger partial charge in [0.25, 0.3) is 0 Å². The highest BCUT2D eigenvalue weighted by Gasteiger charge is 2.16. The van der Waals surface area contributed by atoms with E-state index in [2.05, 4.69) is 13.8 Å². The first-order valence-corrected chi connectivity index (χ1v) is 21.3. The van der Waals surface area contributed by atoms with Gasteiger partial charge in [-0.05, 0) is 12.8 Å². The molecule has 0 radical (unpaired) electrons. The molecule has 2 unspecified atom stereocenters. The molecule has 0 aliphatic carbocycles. The minimum Gasteiger partial charge on any atom is -0.394 e. The molecule has 2 atom stereocenters. The zero-order valence-corrected chi connectivity index (χ0v) is 32.1. The van der Waals surface area contributed by atoms with Crippen LogP contribution in [0.1, 0.15) is 219 Å². The molecule has 0 aromatic carbocycles. The van der Waals surface area contributed by atoms with Gasteiger partial charge in [0, 0.05) is 13.2 Å². The van der Waals surface area contributed by atoms with E-state index in [-0.39, 0.29) is 13.2 Å². The highest BCUT2D eigenvalue weighted by atomic mass is 16.6. The van der Waals surface area contributed by atoms with Gasteiger partial charge in [0.2, 0.25) is 0 Å². The largest absolute Gasteiger partial charge is 0.394 e. The molecule has 0 fully saturated rings. The monoisotopic (exact) mass is 671 g/mol. The molecule has 0 aliphatic rings. The first-order valence-electron chi connectivity index (χ1n) is 21.3. The Kier molecular flexibility index (Phi) is 41.8. The lowest BCUT2D eigenvalue weighted by atomic mass is 10.0. The Morgan fingerprint density at radius 3 is 0.745 bits per heavy atom. The summed E-state index contributed by atoms with van der Waals surface area (Å²) in [5.41, 5.74) is 0. The summed E-state index contributed by atoms with van der Waals surface area (Å²) in [6.45, 7) is 6.51. The molecule has 0 bridgehead atoms. The van der Waals surface area contributed by atoms with Crippen LogP contribution in [-0.4, -0.2) is 62.1 Å². The Balaban J connectivity index is 3.45. The zero-order valence-electron chi connectivity index (χ0n) is 32.1. The van der Waals surface area contributed by atoms with Crippen LogP contribution in [0.4, 0.5) is 0 Å². The Labute approximate surface area is 295 Å². The van der Waals surface area contributed by atoms with Crippen molar-refractivity contribution in [1.29, 1.82) is 0 Å². The second kappa shape index (κ2) is 42.0. The Hall–Kier alpha value is -0.200. The lowest BCUT2D eigenvalue weighted by Gasteiger charge is -2.22. The second-order valence-electron chi connectivity index (χ2n) is 14.5. The van der Waals surface area contributed by atoms with Gasteiger partial charge in [-0.1, -0.05) is 206 Å². The van der Waals surface area contributed by atoms with Gasteiger partial charge >= 0.3 is 0 Å². The number of hydrogen-bond acceptors (Lipinski definition) is 5. The molecule has 0 aliphatic heterocycles. The molecular formula is C42H86O5. The molecule has 0 amide bonds. The third kappa shape index (κ3) is 38.5. The summed E-state index contributed by atoms with van der Waals surface area (Å²) in [6.07, 6.45) is 42.8. The van der Waals surface area contributed by atoms with Gasteiger partial charge in [0.05, 0.1) is 26.4 Å². The van der Waals surface area contributed by atoms with Crippen molar-refractivity contribution in [2.24, 2.45) is 0 Å². The smallest absolute Gasteiger partial charge is 0.104 e. The molecule has 2 N–H and O–H groups in total. The standard InChI is InChI=1S/C42H86O5/c1-3-5-7-9-11-13-15-17-19-21-23-25-27-29-31-33-35-45-39-41(37-43)47-42(38-44)40-46-36-34-32-30-28-26-24-22-20-18-16-14-12-10-8-6-4-2/h41-44H,3-40H2,1-2H3. The maximum absolute atomic E-state index is 9.71.